The molecular formula is C19H21ClN3O2+. The van der Waals surface area contributed by atoms with Crippen molar-refractivity contribution in [2.24, 2.45) is 0 Å². The molecule has 1 heterocycles. The Labute approximate surface area is 152 Å². The number of nitro benzene ring substituents is 1. The molecule has 1 saturated heterocycles. The van der Waals surface area contributed by atoms with E-state index in [4.69, 9.17) is 11.6 Å². The van der Waals surface area contributed by atoms with Crippen LogP contribution in [0.25, 0.3) is 6.08 Å². The van der Waals surface area contributed by atoms with Crippen LogP contribution in [0.1, 0.15) is 5.56 Å². The number of nitro groups is 1. The summed E-state index contributed by atoms with van der Waals surface area (Å²) in [6.45, 7) is 4.83. The summed E-state index contributed by atoms with van der Waals surface area (Å²) in [5, 5.41) is 11.3. The zero-order valence-electron chi connectivity index (χ0n) is 13.9. The van der Waals surface area contributed by atoms with Crippen LogP contribution in [0.4, 0.5) is 11.4 Å². The van der Waals surface area contributed by atoms with Gasteiger partial charge in [-0.25, -0.2) is 0 Å². The van der Waals surface area contributed by atoms with Crippen molar-refractivity contribution in [3.8, 4) is 0 Å². The van der Waals surface area contributed by atoms with Gasteiger partial charge in [-0.05, 0) is 17.7 Å². The molecule has 0 aliphatic carbocycles. The lowest BCUT2D eigenvalue weighted by molar-refractivity contribution is -0.894. The Hall–Kier alpha value is -2.37. The lowest BCUT2D eigenvalue weighted by atomic mass is 10.2. The quantitative estimate of drug-likeness (QED) is 0.660. The fourth-order valence-corrected chi connectivity index (χ4v) is 3.35. The summed E-state index contributed by atoms with van der Waals surface area (Å²) in [4.78, 5) is 14.1. The van der Waals surface area contributed by atoms with Gasteiger partial charge in [0.15, 0.2) is 0 Å². The predicted octanol–water partition coefficient (Wildman–Crippen LogP) is 2.67. The number of non-ortho nitro benzene ring substituents is 1. The molecule has 3 rings (SSSR count). The van der Waals surface area contributed by atoms with Crippen molar-refractivity contribution < 1.29 is 9.82 Å². The first-order chi connectivity index (χ1) is 12.1. The van der Waals surface area contributed by atoms with E-state index in [-0.39, 0.29) is 5.69 Å². The molecule has 0 bridgehead atoms. The van der Waals surface area contributed by atoms with Crippen molar-refractivity contribution in [1.29, 1.82) is 0 Å². The summed E-state index contributed by atoms with van der Waals surface area (Å²) in [6.07, 6.45) is 4.38. The van der Waals surface area contributed by atoms with Crippen LogP contribution in [0, 0.1) is 10.1 Å². The van der Waals surface area contributed by atoms with E-state index in [9.17, 15) is 10.1 Å². The average molecular weight is 359 g/mol. The van der Waals surface area contributed by atoms with Crippen LogP contribution in [0.15, 0.2) is 54.6 Å². The molecule has 0 amide bonds. The molecule has 1 fully saturated rings. The summed E-state index contributed by atoms with van der Waals surface area (Å²) in [7, 11) is 0. The molecule has 25 heavy (non-hydrogen) atoms. The Bertz CT molecular complexity index is 757. The number of benzene rings is 2. The van der Waals surface area contributed by atoms with Crippen LogP contribution in [-0.2, 0) is 0 Å². The number of hydrogen-bond donors (Lipinski definition) is 1. The largest absolute Gasteiger partial charge is 0.359 e. The number of nitrogens with zero attached hydrogens (tertiary/aromatic N) is 2. The summed E-state index contributed by atoms with van der Waals surface area (Å²) in [5.41, 5.74) is 2.13. The molecule has 130 valence electrons. The third kappa shape index (κ3) is 4.59. The van der Waals surface area contributed by atoms with Crippen molar-refractivity contribution in [1.82, 2.24) is 0 Å². The predicted molar refractivity (Wildman–Crippen MR) is 101 cm³/mol. The fourth-order valence-electron chi connectivity index (χ4n) is 3.06. The molecule has 2 aromatic carbocycles. The minimum absolute atomic E-state index is 0.0315. The van der Waals surface area contributed by atoms with E-state index >= 15 is 0 Å². The van der Waals surface area contributed by atoms with E-state index < -0.39 is 4.92 Å². The molecule has 0 spiro atoms. The maximum atomic E-state index is 10.8. The van der Waals surface area contributed by atoms with Gasteiger partial charge in [0.2, 0.25) is 0 Å². The lowest BCUT2D eigenvalue weighted by Crippen LogP contribution is -3.14. The average Bonchev–Trinajstić information content (AvgIpc) is 2.63. The number of anilines is 1. The molecule has 6 heteroatoms. The van der Waals surface area contributed by atoms with Gasteiger partial charge in [0.1, 0.15) is 0 Å². The molecule has 0 aromatic heterocycles. The highest BCUT2D eigenvalue weighted by Crippen LogP contribution is 2.29. The minimum atomic E-state index is -0.420. The Kier molecular flexibility index (Phi) is 5.68. The van der Waals surface area contributed by atoms with Crippen LogP contribution >= 0.6 is 11.6 Å². The van der Waals surface area contributed by atoms with Gasteiger partial charge in [0, 0.05) is 12.1 Å². The van der Waals surface area contributed by atoms with Gasteiger partial charge in [-0.3, -0.25) is 10.1 Å². The molecule has 0 radical (unpaired) electrons. The second kappa shape index (κ2) is 8.14. The first-order valence-electron chi connectivity index (χ1n) is 8.37. The van der Waals surface area contributed by atoms with Crippen molar-refractivity contribution in [3.05, 3.63) is 75.3 Å². The third-order valence-electron chi connectivity index (χ3n) is 4.47. The zero-order chi connectivity index (χ0) is 17.6. The molecule has 0 atom stereocenters. The van der Waals surface area contributed by atoms with Gasteiger partial charge >= 0.3 is 0 Å². The first-order valence-corrected chi connectivity index (χ1v) is 8.75. The minimum Gasteiger partial charge on any atom is -0.359 e. The summed E-state index contributed by atoms with van der Waals surface area (Å²) in [5.74, 6) is 0. The monoisotopic (exact) mass is 358 g/mol. The van der Waals surface area contributed by atoms with E-state index in [1.807, 2.05) is 18.2 Å². The SMILES string of the molecule is O=[N+]([O-])c1ccc(N2CC[NH+](C/C=C/c3ccccc3)CC2)c(Cl)c1. The molecule has 1 aliphatic heterocycles. The van der Waals surface area contributed by atoms with E-state index in [1.165, 1.54) is 22.6 Å². The van der Waals surface area contributed by atoms with Crippen LogP contribution in [-0.4, -0.2) is 37.6 Å². The summed E-state index contributed by atoms with van der Waals surface area (Å²) >= 11 is 6.23. The Morgan fingerprint density at radius 3 is 2.52 bits per heavy atom. The second-order valence-corrected chi connectivity index (χ2v) is 6.55. The van der Waals surface area contributed by atoms with Gasteiger partial charge in [-0.1, -0.05) is 48.0 Å². The van der Waals surface area contributed by atoms with Crippen molar-refractivity contribution in [3.63, 3.8) is 0 Å². The molecule has 2 aromatic rings. The van der Waals surface area contributed by atoms with Crippen LogP contribution in [0.2, 0.25) is 5.02 Å². The topological polar surface area (TPSA) is 50.8 Å². The summed E-state index contributed by atoms with van der Waals surface area (Å²) in [6, 6.07) is 15.0. The van der Waals surface area contributed by atoms with E-state index in [2.05, 4.69) is 29.2 Å². The maximum absolute atomic E-state index is 10.8. The third-order valence-corrected chi connectivity index (χ3v) is 4.77. The molecule has 0 saturated carbocycles. The summed E-state index contributed by atoms with van der Waals surface area (Å²) < 4.78 is 0. The van der Waals surface area contributed by atoms with Crippen molar-refractivity contribution >= 4 is 29.1 Å². The van der Waals surface area contributed by atoms with E-state index in [1.54, 1.807) is 6.07 Å². The highest BCUT2D eigenvalue weighted by Gasteiger charge is 2.21. The number of quaternary nitrogens is 1. The molecule has 1 N–H and O–H groups in total. The van der Waals surface area contributed by atoms with Crippen LogP contribution in [0.3, 0.4) is 0 Å². The highest BCUT2D eigenvalue weighted by atomic mass is 35.5. The molecule has 5 nitrogen and oxygen atoms in total. The van der Waals surface area contributed by atoms with Gasteiger partial charge in [0.25, 0.3) is 5.69 Å². The zero-order valence-corrected chi connectivity index (χ0v) is 14.7. The number of piperazine rings is 1. The fraction of sp³-hybridized carbons (Fsp3) is 0.263. The van der Waals surface area contributed by atoms with Gasteiger partial charge < -0.3 is 9.80 Å². The number of nitrogens with one attached hydrogen (secondary N) is 1. The first kappa shape index (κ1) is 17.5. The van der Waals surface area contributed by atoms with Gasteiger partial charge in [0.05, 0.1) is 48.4 Å². The smallest absolute Gasteiger partial charge is 0.271 e. The van der Waals surface area contributed by atoms with E-state index in [0.29, 0.717) is 5.02 Å². The highest BCUT2D eigenvalue weighted by molar-refractivity contribution is 6.33. The maximum Gasteiger partial charge on any atom is 0.271 e. The van der Waals surface area contributed by atoms with E-state index in [0.717, 1.165) is 38.4 Å². The van der Waals surface area contributed by atoms with Crippen LogP contribution in [0.5, 0.6) is 0 Å². The lowest BCUT2D eigenvalue weighted by Gasteiger charge is -2.33. The second-order valence-electron chi connectivity index (χ2n) is 6.15. The number of rotatable bonds is 5. The Morgan fingerprint density at radius 1 is 1.16 bits per heavy atom. The van der Waals surface area contributed by atoms with Crippen LogP contribution < -0.4 is 9.80 Å². The molecule has 0 unspecified atom stereocenters. The molecule has 1 aliphatic rings. The number of halogens is 1. The standard InChI is InChI=1S/C19H20ClN3O2/c20-18-15-17(23(24)25)8-9-19(18)22-13-11-21(12-14-22)10-4-7-16-5-2-1-3-6-16/h1-9,15H,10-14H2/p+1/b7-4+. The van der Waals surface area contributed by atoms with Gasteiger partial charge in [-0.15, -0.1) is 0 Å². The van der Waals surface area contributed by atoms with Crippen molar-refractivity contribution in [2.45, 2.75) is 0 Å². The normalized spacial score (nSPS) is 15.6. The molecular weight excluding hydrogens is 338 g/mol. The Balaban J connectivity index is 1.53. The Morgan fingerprint density at radius 2 is 1.88 bits per heavy atom. The van der Waals surface area contributed by atoms with Gasteiger partial charge in [-0.2, -0.15) is 0 Å². The van der Waals surface area contributed by atoms with Crippen molar-refractivity contribution in [2.75, 3.05) is 37.6 Å². The number of hydrogen-bond acceptors (Lipinski definition) is 3.